The van der Waals surface area contributed by atoms with Crippen molar-refractivity contribution in [1.29, 1.82) is 0 Å². The van der Waals surface area contributed by atoms with Gasteiger partial charge in [0, 0.05) is 55.7 Å². The average molecular weight is 371 g/mol. The number of rotatable bonds is 4. The molecular formula is C21H30N4S. The normalized spacial score (nSPS) is 14.3. The Balaban J connectivity index is 1.76. The van der Waals surface area contributed by atoms with E-state index in [1.54, 1.807) is 11.5 Å². The van der Waals surface area contributed by atoms with Gasteiger partial charge in [-0.1, -0.05) is 29.7 Å². The Morgan fingerprint density at radius 1 is 1.08 bits per heavy atom. The first kappa shape index (κ1) is 18.8. The first-order chi connectivity index (χ1) is 12.5. The second-order valence-corrected chi connectivity index (χ2v) is 8.27. The zero-order valence-electron chi connectivity index (χ0n) is 16.1. The molecule has 1 aliphatic heterocycles. The fourth-order valence-electron chi connectivity index (χ4n) is 3.44. The number of hydrogen-bond donors (Lipinski definition) is 2. The summed E-state index contributed by atoms with van der Waals surface area (Å²) in [7, 11) is 2.06. The number of piperazine rings is 1. The highest BCUT2D eigenvalue weighted by Gasteiger charge is 2.13. The predicted molar refractivity (Wildman–Crippen MR) is 114 cm³/mol. The molecule has 5 heteroatoms. The maximum atomic E-state index is 6.39. The van der Waals surface area contributed by atoms with Crippen LogP contribution < -0.4 is 16.0 Å². The van der Waals surface area contributed by atoms with E-state index in [2.05, 4.69) is 65.5 Å². The fraction of sp³-hybridized carbons (Fsp3) is 0.429. The van der Waals surface area contributed by atoms with Gasteiger partial charge in [0.15, 0.2) is 0 Å². The lowest BCUT2D eigenvalue weighted by molar-refractivity contribution is 0.588. The molecule has 1 aromatic heterocycles. The zero-order valence-corrected chi connectivity index (χ0v) is 16.9. The molecule has 2 aromatic rings. The Kier molecular flexibility index (Phi) is 6.22. The molecule has 0 atom stereocenters. The van der Waals surface area contributed by atoms with Crippen LogP contribution in [0, 0.1) is 13.8 Å². The topological polar surface area (TPSA) is 46.2 Å². The van der Waals surface area contributed by atoms with E-state index in [1.165, 1.54) is 21.7 Å². The molecule has 26 heavy (non-hydrogen) atoms. The van der Waals surface area contributed by atoms with Crippen molar-refractivity contribution < 1.29 is 0 Å². The van der Waals surface area contributed by atoms with Gasteiger partial charge in [0.25, 0.3) is 0 Å². The van der Waals surface area contributed by atoms with Gasteiger partial charge in [0.1, 0.15) is 0 Å². The standard InChI is InChI=1S/C21H30N4S/c1-16-5-4-12-24(3)26-20(21(16)22)9-7-18-6-8-19(17(2)15-18)25-13-10-23-11-14-25/h4-6,8,12,15,23H,7,9-11,13-14,22H2,1-3H3. The molecule has 0 radical (unpaired) electrons. The van der Waals surface area contributed by atoms with Gasteiger partial charge in [0.2, 0.25) is 0 Å². The van der Waals surface area contributed by atoms with Crippen LogP contribution >= 0.6 is 11.5 Å². The summed E-state index contributed by atoms with van der Waals surface area (Å²) in [6.45, 7) is 8.63. The quantitative estimate of drug-likeness (QED) is 0.864. The van der Waals surface area contributed by atoms with Gasteiger partial charge in [-0.3, -0.25) is 0 Å². The molecular weight excluding hydrogens is 340 g/mol. The van der Waals surface area contributed by atoms with E-state index >= 15 is 0 Å². The van der Waals surface area contributed by atoms with Crippen molar-refractivity contribution in [3.8, 4) is 0 Å². The number of nitrogen functional groups attached to an aromatic ring is 1. The summed E-state index contributed by atoms with van der Waals surface area (Å²) in [6.07, 6.45) is 4.05. The Hall–Kier alpha value is -1.98. The molecule has 1 fully saturated rings. The van der Waals surface area contributed by atoms with E-state index in [1.807, 2.05) is 6.07 Å². The van der Waals surface area contributed by atoms with E-state index in [4.69, 9.17) is 5.73 Å². The van der Waals surface area contributed by atoms with Gasteiger partial charge in [-0.15, -0.1) is 0 Å². The second-order valence-electron chi connectivity index (χ2n) is 7.02. The van der Waals surface area contributed by atoms with E-state index in [-0.39, 0.29) is 0 Å². The minimum absolute atomic E-state index is 0.917. The van der Waals surface area contributed by atoms with Crippen LogP contribution in [-0.2, 0) is 19.9 Å². The lowest BCUT2D eigenvalue weighted by Crippen LogP contribution is -2.43. The van der Waals surface area contributed by atoms with Crippen molar-refractivity contribution in [1.82, 2.24) is 9.27 Å². The smallest absolute Gasteiger partial charge is 0.0492 e. The Bertz CT molecular complexity index is 798. The van der Waals surface area contributed by atoms with Crippen LogP contribution in [0.4, 0.5) is 11.4 Å². The average Bonchev–Trinajstić information content (AvgIpc) is 2.64. The predicted octanol–water partition coefficient (Wildman–Crippen LogP) is 3.60. The number of nitrogens with two attached hydrogens (primary N) is 1. The molecule has 0 saturated carbocycles. The molecule has 0 aliphatic carbocycles. The van der Waals surface area contributed by atoms with E-state index in [0.29, 0.717) is 0 Å². The molecule has 1 aromatic carbocycles. The van der Waals surface area contributed by atoms with Crippen LogP contribution in [0.3, 0.4) is 0 Å². The number of aromatic nitrogens is 1. The monoisotopic (exact) mass is 370 g/mol. The molecule has 0 unspecified atom stereocenters. The van der Waals surface area contributed by atoms with Crippen LogP contribution in [0.2, 0.25) is 0 Å². The van der Waals surface area contributed by atoms with Crippen molar-refractivity contribution in [3.05, 3.63) is 58.1 Å². The summed E-state index contributed by atoms with van der Waals surface area (Å²) < 4.78 is 2.11. The molecule has 0 bridgehead atoms. The van der Waals surface area contributed by atoms with Gasteiger partial charge < -0.3 is 19.9 Å². The Morgan fingerprint density at radius 2 is 1.85 bits per heavy atom. The Morgan fingerprint density at radius 3 is 2.58 bits per heavy atom. The third kappa shape index (κ3) is 4.59. The van der Waals surface area contributed by atoms with E-state index in [0.717, 1.165) is 50.3 Å². The highest BCUT2D eigenvalue weighted by molar-refractivity contribution is 7.06. The van der Waals surface area contributed by atoms with Gasteiger partial charge >= 0.3 is 0 Å². The molecule has 1 saturated heterocycles. The number of aryl methyl sites for hydroxylation is 5. The number of anilines is 2. The van der Waals surface area contributed by atoms with Crippen LogP contribution in [0.5, 0.6) is 0 Å². The number of nitrogens with zero attached hydrogens (tertiary/aromatic N) is 2. The lowest BCUT2D eigenvalue weighted by atomic mass is 10.0. The summed E-state index contributed by atoms with van der Waals surface area (Å²) in [5.74, 6) is 0. The first-order valence-corrected chi connectivity index (χ1v) is 10.1. The maximum absolute atomic E-state index is 6.39. The van der Waals surface area contributed by atoms with E-state index < -0.39 is 0 Å². The van der Waals surface area contributed by atoms with Gasteiger partial charge in [-0.05, 0) is 55.5 Å². The first-order valence-electron chi connectivity index (χ1n) is 9.34. The maximum Gasteiger partial charge on any atom is 0.0492 e. The summed E-state index contributed by atoms with van der Waals surface area (Å²) in [4.78, 5) is 3.73. The number of benzene rings is 1. The fourth-order valence-corrected chi connectivity index (χ4v) is 4.37. The summed E-state index contributed by atoms with van der Waals surface area (Å²) in [6, 6.07) is 11.0. The van der Waals surface area contributed by atoms with Crippen LogP contribution in [0.15, 0.2) is 36.5 Å². The van der Waals surface area contributed by atoms with Gasteiger partial charge in [-0.2, -0.15) is 0 Å². The lowest BCUT2D eigenvalue weighted by Gasteiger charge is -2.31. The molecule has 1 aliphatic rings. The summed E-state index contributed by atoms with van der Waals surface area (Å²) in [5, 5.41) is 3.42. The third-order valence-corrected chi connectivity index (χ3v) is 6.04. The highest BCUT2D eigenvalue weighted by Crippen LogP contribution is 2.24. The number of hydrogen-bond acceptors (Lipinski definition) is 4. The third-order valence-electron chi connectivity index (χ3n) is 4.98. The number of nitrogens with one attached hydrogen (secondary N) is 1. The van der Waals surface area contributed by atoms with Gasteiger partial charge in [0.05, 0.1) is 0 Å². The van der Waals surface area contributed by atoms with Crippen molar-refractivity contribution in [2.24, 2.45) is 7.05 Å². The van der Waals surface area contributed by atoms with Crippen molar-refractivity contribution in [2.45, 2.75) is 26.7 Å². The van der Waals surface area contributed by atoms with Crippen molar-refractivity contribution in [2.75, 3.05) is 36.8 Å². The largest absolute Gasteiger partial charge is 0.398 e. The molecule has 0 amide bonds. The zero-order chi connectivity index (χ0) is 18.5. The SMILES string of the molecule is Cc1cc(CCc2sn(C)cccc(C)c2N)ccc1N1CCNCC1. The van der Waals surface area contributed by atoms with Crippen molar-refractivity contribution in [3.63, 3.8) is 0 Å². The highest BCUT2D eigenvalue weighted by atomic mass is 32.1. The van der Waals surface area contributed by atoms with Crippen molar-refractivity contribution >= 4 is 22.9 Å². The molecule has 2 heterocycles. The molecule has 3 N–H and O–H groups in total. The minimum atomic E-state index is 0.917. The Labute approximate surface area is 161 Å². The second kappa shape index (κ2) is 8.60. The van der Waals surface area contributed by atoms with Crippen LogP contribution in [-0.4, -0.2) is 30.1 Å². The molecule has 140 valence electrons. The summed E-state index contributed by atoms with van der Waals surface area (Å²) in [5.41, 5.74) is 12.6. The molecule has 3 rings (SSSR count). The van der Waals surface area contributed by atoms with E-state index in [9.17, 15) is 0 Å². The van der Waals surface area contributed by atoms with Crippen LogP contribution in [0.25, 0.3) is 0 Å². The minimum Gasteiger partial charge on any atom is -0.398 e. The van der Waals surface area contributed by atoms with Crippen LogP contribution in [0.1, 0.15) is 21.6 Å². The summed E-state index contributed by atoms with van der Waals surface area (Å²) >= 11 is 1.73. The molecule has 0 spiro atoms. The van der Waals surface area contributed by atoms with Gasteiger partial charge in [-0.25, -0.2) is 0 Å². The molecule has 4 nitrogen and oxygen atoms in total.